The van der Waals surface area contributed by atoms with Crippen LogP contribution < -0.4 is 5.32 Å². The number of aromatic nitrogens is 1. The van der Waals surface area contributed by atoms with Gasteiger partial charge in [0, 0.05) is 36.9 Å². The second-order valence-corrected chi connectivity index (χ2v) is 6.20. The molecule has 0 fully saturated rings. The van der Waals surface area contributed by atoms with Crippen LogP contribution in [0.25, 0.3) is 10.9 Å². The van der Waals surface area contributed by atoms with E-state index in [4.69, 9.17) is 0 Å². The van der Waals surface area contributed by atoms with Crippen LogP contribution in [0.15, 0.2) is 29.3 Å². The largest absolute Gasteiger partial charge is 0.350 e. The highest BCUT2D eigenvalue weighted by Crippen LogP contribution is 2.27. The summed E-state index contributed by atoms with van der Waals surface area (Å²) in [6, 6.07) is 5.38. The first-order chi connectivity index (χ1) is 7.95. The Morgan fingerprint density at radius 1 is 1.35 bits per heavy atom. The van der Waals surface area contributed by atoms with Crippen LogP contribution in [0.3, 0.4) is 0 Å². The molecule has 0 saturated heterocycles. The third-order valence-electron chi connectivity index (χ3n) is 2.82. The van der Waals surface area contributed by atoms with Crippen molar-refractivity contribution in [1.82, 2.24) is 9.88 Å². The lowest BCUT2D eigenvalue weighted by molar-refractivity contribution is 0.602. The number of hydrogen-bond acceptors (Lipinski definition) is 3. The fraction of sp³-hybridized carbons (Fsp3) is 0.333. The smallest absolute Gasteiger partial charge is 0.176 e. The molecule has 0 aliphatic rings. The van der Waals surface area contributed by atoms with Crippen molar-refractivity contribution in [2.75, 3.05) is 13.3 Å². The molecular formula is C12H16N2O2S. The average Bonchev–Trinajstić information content (AvgIpc) is 2.55. The summed E-state index contributed by atoms with van der Waals surface area (Å²) in [5, 5.41) is 3.89. The summed E-state index contributed by atoms with van der Waals surface area (Å²) in [4.78, 5) is 0.404. The average molecular weight is 252 g/mol. The molecule has 4 nitrogen and oxygen atoms in total. The van der Waals surface area contributed by atoms with Gasteiger partial charge < -0.3 is 9.88 Å². The Morgan fingerprint density at radius 2 is 2.06 bits per heavy atom. The van der Waals surface area contributed by atoms with Crippen LogP contribution in [0, 0.1) is 0 Å². The Labute approximate surface area is 101 Å². The zero-order valence-corrected chi connectivity index (χ0v) is 11.0. The SMILES string of the molecule is CNCc1cn(C)c2cccc(S(C)(=O)=O)c12. The number of aryl methyl sites for hydroxylation is 1. The standard InChI is InChI=1S/C12H16N2O2S/c1-13-7-9-8-14(2)10-5-4-6-11(12(9)10)17(3,15)16/h4-6,8,13H,7H2,1-3H3. The maximum Gasteiger partial charge on any atom is 0.176 e. The van der Waals surface area contributed by atoms with Crippen LogP contribution in [-0.2, 0) is 23.4 Å². The van der Waals surface area contributed by atoms with Crippen molar-refractivity contribution in [3.63, 3.8) is 0 Å². The van der Waals surface area contributed by atoms with E-state index in [1.54, 1.807) is 12.1 Å². The maximum absolute atomic E-state index is 11.8. The van der Waals surface area contributed by atoms with Gasteiger partial charge in [0.25, 0.3) is 0 Å². The first-order valence-corrected chi connectivity index (χ1v) is 7.26. The normalized spacial score (nSPS) is 12.2. The molecule has 0 aliphatic carbocycles. The summed E-state index contributed by atoms with van der Waals surface area (Å²) in [5.41, 5.74) is 1.95. The first kappa shape index (κ1) is 12.1. The molecule has 0 unspecified atom stereocenters. The molecule has 17 heavy (non-hydrogen) atoms. The van der Waals surface area contributed by atoms with E-state index in [-0.39, 0.29) is 0 Å². The van der Waals surface area contributed by atoms with Crippen molar-refractivity contribution in [1.29, 1.82) is 0 Å². The molecule has 1 heterocycles. The van der Waals surface area contributed by atoms with Gasteiger partial charge in [-0.25, -0.2) is 8.42 Å². The molecule has 0 radical (unpaired) electrons. The minimum Gasteiger partial charge on any atom is -0.350 e. The fourth-order valence-corrected chi connectivity index (χ4v) is 3.07. The van der Waals surface area contributed by atoms with Crippen LogP contribution >= 0.6 is 0 Å². The van der Waals surface area contributed by atoms with Crippen LogP contribution in [0.5, 0.6) is 0 Å². The molecule has 0 aliphatic heterocycles. The summed E-state index contributed by atoms with van der Waals surface area (Å²) < 4.78 is 25.5. The van der Waals surface area contributed by atoms with Gasteiger partial charge in [0.05, 0.1) is 4.90 Å². The Balaban J connectivity index is 2.86. The van der Waals surface area contributed by atoms with E-state index in [0.717, 1.165) is 16.5 Å². The van der Waals surface area contributed by atoms with Gasteiger partial charge in [0.15, 0.2) is 9.84 Å². The van der Waals surface area contributed by atoms with Gasteiger partial charge in [-0.3, -0.25) is 0 Å². The minimum absolute atomic E-state index is 0.404. The Bertz CT molecular complexity index is 656. The molecule has 0 atom stereocenters. The zero-order chi connectivity index (χ0) is 12.6. The molecule has 2 aromatic rings. The Morgan fingerprint density at radius 3 is 2.65 bits per heavy atom. The van der Waals surface area contributed by atoms with Crippen molar-refractivity contribution >= 4 is 20.7 Å². The van der Waals surface area contributed by atoms with Crippen LogP contribution in [0.1, 0.15) is 5.56 Å². The topological polar surface area (TPSA) is 51.1 Å². The molecule has 0 spiro atoms. The number of nitrogens with one attached hydrogen (secondary N) is 1. The molecule has 92 valence electrons. The summed E-state index contributed by atoms with van der Waals surface area (Å²) in [7, 11) is 0.575. The van der Waals surface area contributed by atoms with Crippen molar-refractivity contribution in [2.45, 2.75) is 11.4 Å². The molecule has 1 aromatic carbocycles. The molecule has 0 saturated carbocycles. The fourth-order valence-electron chi connectivity index (χ4n) is 2.14. The van der Waals surface area contributed by atoms with Gasteiger partial charge in [0.2, 0.25) is 0 Å². The third kappa shape index (κ3) is 2.08. The predicted molar refractivity (Wildman–Crippen MR) is 68.8 cm³/mol. The van der Waals surface area contributed by atoms with E-state index in [1.807, 2.05) is 30.9 Å². The lowest BCUT2D eigenvalue weighted by atomic mass is 10.2. The van der Waals surface area contributed by atoms with Gasteiger partial charge in [-0.05, 0) is 24.7 Å². The lowest BCUT2D eigenvalue weighted by Gasteiger charge is -2.04. The first-order valence-electron chi connectivity index (χ1n) is 5.36. The van der Waals surface area contributed by atoms with Crippen molar-refractivity contribution in [3.8, 4) is 0 Å². The van der Waals surface area contributed by atoms with E-state index >= 15 is 0 Å². The second kappa shape index (κ2) is 4.16. The molecule has 5 heteroatoms. The van der Waals surface area contributed by atoms with E-state index in [1.165, 1.54) is 6.26 Å². The summed E-state index contributed by atoms with van der Waals surface area (Å²) in [6.07, 6.45) is 3.22. The molecule has 1 N–H and O–H groups in total. The Kier molecular flexibility index (Phi) is 2.97. The highest BCUT2D eigenvalue weighted by Gasteiger charge is 2.16. The van der Waals surface area contributed by atoms with Gasteiger partial charge in [-0.15, -0.1) is 0 Å². The molecule has 0 bridgehead atoms. The molecular weight excluding hydrogens is 236 g/mol. The minimum atomic E-state index is -3.20. The van der Waals surface area contributed by atoms with Gasteiger partial charge in [-0.2, -0.15) is 0 Å². The number of hydrogen-bond donors (Lipinski definition) is 1. The summed E-state index contributed by atoms with van der Waals surface area (Å²) in [6.45, 7) is 0.657. The van der Waals surface area contributed by atoms with Crippen LogP contribution in [-0.4, -0.2) is 26.3 Å². The van der Waals surface area contributed by atoms with E-state index < -0.39 is 9.84 Å². The zero-order valence-electron chi connectivity index (χ0n) is 10.2. The third-order valence-corrected chi connectivity index (χ3v) is 3.96. The van der Waals surface area contributed by atoms with Gasteiger partial charge in [0.1, 0.15) is 0 Å². The van der Waals surface area contributed by atoms with Crippen molar-refractivity contribution in [2.24, 2.45) is 7.05 Å². The van der Waals surface area contributed by atoms with Crippen LogP contribution in [0.2, 0.25) is 0 Å². The number of rotatable bonds is 3. The molecule has 1 aromatic heterocycles. The molecule has 2 rings (SSSR count). The molecule has 0 amide bonds. The lowest BCUT2D eigenvalue weighted by Crippen LogP contribution is -2.06. The monoisotopic (exact) mass is 252 g/mol. The number of benzene rings is 1. The van der Waals surface area contributed by atoms with Crippen molar-refractivity contribution < 1.29 is 8.42 Å². The van der Waals surface area contributed by atoms with Crippen LogP contribution in [0.4, 0.5) is 0 Å². The van der Waals surface area contributed by atoms with E-state index in [0.29, 0.717) is 11.4 Å². The highest BCUT2D eigenvalue weighted by atomic mass is 32.2. The predicted octanol–water partition coefficient (Wildman–Crippen LogP) is 1.30. The van der Waals surface area contributed by atoms with E-state index in [9.17, 15) is 8.42 Å². The number of nitrogens with zero attached hydrogens (tertiary/aromatic N) is 1. The summed E-state index contributed by atoms with van der Waals surface area (Å²) in [5.74, 6) is 0. The Hall–Kier alpha value is -1.33. The summed E-state index contributed by atoms with van der Waals surface area (Å²) >= 11 is 0. The highest BCUT2D eigenvalue weighted by molar-refractivity contribution is 7.91. The number of fused-ring (bicyclic) bond motifs is 1. The van der Waals surface area contributed by atoms with Gasteiger partial charge >= 0.3 is 0 Å². The number of sulfone groups is 1. The second-order valence-electron chi connectivity index (χ2n) is 4.22. The van der Waals surface area contributed by atoms with E-state index in [2.05, 4.69) is 5.32 Å². The van der Waals surface area contributed by atoms with Crippen molar-refractivity contribution in [3.05, 3.63) is 30.0 Å². The van der Waals surface area contributed by atoms with Gasteiger partial charge in [-0.1, -0.05) is 6.07 Å². The maximum atomic E-state index is 11.8. The quantitative estimate of drug-likeness (QED) is 0.896.